The molecule has 0 bridgehead atoms. The van der Waals surface area contributed by atoms with Crippen molar-refractivity contribution < 1.29 is 4.79 Å². The molecule has 31 heavy (non-hydrogen) atoms. The highest BCUT2D eigenvalue weighted by Crippen LogP contribution is 2.38. The van der Waals surface area contributed by atoms with Crippen LogP contribution in [0.2, 0.25) is 0 Å². The fourth-order valence-corrected chi connectivity index (χ4v) is 4.89. The Morgan fingerprint density at radius 1 is 1.00 bits per heavy atom. The van der Waals surface area contributed by atoms with Gasteiger partial charge in [-0.25, -0.2) is 0 Å². The third kappa shape index (κ3) is 6.32. The summed E-state index contributed by atoms with van der Waals surface area (Å²) in [6, 6.07) is 15.4. The quantitative estimate of drug-likeness (QED) is 0.323. The van der Waals surface area contributed by atoms with Crippen molar-refractivity contribution in [1.82, 2.24) is 0 Å². The second-order valence-corrected chi connectivity index (χ2v) is 9.30. The van der Waals surface area contributed by atoms with Crippen LogP contribution < -0.4 is 5.32 Å². The second kappa shape index (κ2) is 11.3. The van der Waals surface area contributed by atoms with E-state index in [-0.39, 0.29) is 5.91 Å². The Morgan fingerprint density at radius 2 is 1.71 bits per heavy atom. The first kappa shape index (κ1) is 23.3. The van der Waals surface area contributed by atoms with Gasteiger partial charge >= 0.3 is 0 Å². The van der Waals surface area contributed by atoms with Crippen LogP contribution in [0, 0.1) is 5.92 Å². The van der Waals surface area contributed by atoms with Crippen molar-refractivity contribution in [2.45, 2.75) is 84.5 Å². The molecule has 3 rings (SSSR count). The van der Waals surface area contributed by atoms with E-state index < -0.39 is 0 Å². The number of carbonyl (C=O) groups is 1. The van der Waals surface area contributed by atoms with Gasteiger partial charge in [0.25, 0.3) is 5.91 Å². The van der Waals surface area contributed by atoms with E-state index in [1.807, 2.05) is 6.07 Å². The van der Waals surface area contributed by atoms with Gasteiger partial charge in [0.05, 0.1) is 0 Å². The normalized spacial score (nSPS) is 18.5. The third-order valence-corrected chi connectivity index (χ3v) is 6.89. The van der Waals surface area contributed by atoms with Crippen LogP contribution in [0.3, 0.4) is 0 Å². The lowest BCUT2D eigenvalue weighted by Crippen LogP contribution is -2.13. The second-order valence-electron chi connectivity index (χ2n) is 9.30. The largest absolute Gasteiger partial charge is 0.322 e. The Balaban J connectivity index is 1.65. The Kier molecular flexibility index (Phi) is 8.51. The van der Waals surface area contributed by atoms with Crippen LogP contribution in [0.5, 0.6) is 0 Å². The molecule has 0 unspecified atom stereocenters. The van der Waals surface area contributed by atoms with Gasteiger partial charge in [0.1, 0.15) is 0 Å². The monoisotopic (exact) mass is 417 g/mol. The molecular formula is C29H39NO. The summed E-state index contributed by atoms with van der Waals surface area (Å²) in [5.74, 6) is 1.55. The molecule has 1 amide bonds. The summed E-state index contributed by atoms with van der Waals surface area (Å²) in [7, 11) is 0. The number of carbonyl (C=O) groups excluding carboxylic acids is 1. The van der Waals surface area contributed by atoms with E-state index in [9.17, 15) is 4.79 Å². The Labute approximate surface area is 189 Å². The van der Waals surface area contributed by atoms with Crippen molar-refractivity contribution in [3.8, 4) is 11.1 Å². The topological polar surface area (TPSA) is 29.1 Å². The number of rotatable bonds is 9. The maximum absolute atomic E-state index is 11.9. The van der Waals surface area contributed by atoms with Gasteiger partial charge in [-0.1, -0.05) is 76.4 Å². The standard InChI is InChI=1S/C29H39NO/c1-5-7-8-9-22-10-12-24(13-11-22)25-14-16-26(17-15-25)28-19-18-27(20-23(28)6-2)30-29(31)21(3)4/h14-20,22,24H,3,5-13H2,1-2,4H3,(H,30,31). The van der Waals surface area contributed by atoms with E-state index in [2.05, 4.69) is 62.1 Å². The number of hydrogen-bond acceptors (Lipinski definition) is 1. The van der Waals surface area contributed by atoms with Crippen LogP contribution in [0.15, 0.2) is 54.6 Å². The van der Waals surface area contributed by atoms with E-state index in [1.165, 1.54) is 73.6 Å². The van der Waals surface area contributed by atoms with Gasteiger partial charge in [-0.2, -0.15) is 0 Å². The fourth-order valence-electron chi connectivity index (χ4n) is 4.89. The maximum atomic E-state index is 11.9. The summed E-state index contributed by atoms with van der Waals surface area (Å²) in [5, 5.41) is 2.93. The molecule has 0 heterocycles. The van der Waals surface area contributed by atoms with Crippen LogP contribution in [-0.4, -0.2) is 5.91 Å². The van der Waals surface area contributed by atoms with Crippen LogP contribution in [0.25, 0.3) is 11.1 Å². The molecular weight excluding hydrogens is 378 g/mol. The average Bonchev–Trinajstić information content (AvgIpc) is 2.79. The molecule has 0 aromatic heterocycles. The van der Waals surface area contributed by atoms with Crippen LogP contribution in [0.1, 0.15) is 89.2 Å². The maximum Gasteiger partial charge on any atom is 0.250 e. The summed E-state index contributed by atoms with van der Waals surface area (Å²) in [6.45, 7) is 9.90. The van der Waals surface area contributed by atoms with E-state index in [0.29, 0.717) is 5.57 Å². The summed E-state index contributed by atoms with van der Waals surface area (Å²) in [6.07, 6.45) is 12.0. The molecule has 1 N–H and O–H groups in total. The van der Waals surface area contributed by atoms with Crippen molar-refractivity contribution in [3.05, 3.63) is 65.7 Å². The zero-order valence-electron chi connectivity index (χ0n) is 19.7. The first-order valence-electron chi connectivity index (χ1n) is 12.2. The van der Waals surface area contributed by atoms with Crippen LogP contribution >= 0.6 is 0 Å². The third-order valence-electron chi connectivity index (χ3n) is 6.89. The molecule has 2 aromatic rings. The van der Waals surface area contributed by atoms with Crippen molar-refractivity contribution in [1.29, 1.82) is 0 Å². The number of anilines is 1. The SMILES string of the molecule is C=C(C)C(=O)Nc1ccc(-c2ccc(C3CCC(CCCCC)CC3)cc2)c(CC)c1. The van der Waals surface area contributed by atoms with Crippen LogP contribution in [-0.2, 0) is 11.2 Å². The van der Waals surface area contributed by atoms with Gasteiger partial charge < -0.3 is 5.32 Å². The lowest BCUT2D eigenvalue weighted by atomic mass is 9.77. The van der Waals surface area contributed by atoms with Crippen LogP contribution in [0.4, 0.5) is 5.69 Å². The molecule has 1 aliphatic carbocycles. The number of unbranched alkanes of at least 4 members (excludes halogenated alkanes) is 2. The van der Waals surface area contributed by atoms with Crippen molar-refractivity contribution in [2.24, 2.45) is 5.92 Å². The molecule has 0 saturated heterocycles. The number of benzene rings is 2. The predicted molar refractivity (Wildman–Crippen MR) is 134 cm³/mol. The summed E-state index contributed by atoms with van der Waals surface area (Å²) in [4.78, 5) is 11.9. The summed E-state index contributed by atoms with van der Waals surface area (Å²) >= 11 is 0. The minimum atomic E-state index is -0.126. The zero-order valence-corrected chi connectivity index (χ0v) is 19.7. The van der Waals surface area contributed by atoms with Crippen molar-refractivity contribution in [3.63, 3.8) is 0 Å². The Hall–Kier alpha value is -2.35. The molecule has 2 aromatic carbocycles. The molecule has 1 aliphatic rings. The molecule has 2 heteroatoms. The van der Waals surface area contributed by atoms with Gasteiger partial charge in [0.2, 0.25) is 0 Å². The summed E-state index contributed by atoms with van der Waals surface area (Å²) in [5.41, 5.74) is 6.61. The van der Waals surface area contributed by atoms with E-state index in [4.69, 9.17) is 0 Å². The highest BCUT2D eigenvalue weighted by molar-refractivity contribution is 6.03. The number of amides is 1. The van der Waals surface area contributed by atoms with E-state index in [1.54, 1.807) is 6.92 Å². The smallest absolute Gasteiger partial charge is 0.250 e. The van der Waals surface area contributed by atoms with E-state index >= 15 is 0 Å². The Morgan fingerprint density at radius 3 is 2.32 bits per heavy atom. The first-order valence-corrected chi connectivity index (χ1v) is 12.2. The van der Waals surface area contributed by atoms with E-state index in [0.717, 1.165) is 23.9 Å². The van der Waals surface area contributed by atoms with Gasteiger partial charge in [0, 0.05) is 11.3 Å². The van der Waals surface area contributed by atoms with Crippen molar-refractivity contribution in [2.75, 3.05) is 5.32 Å². The lowest BCUT2D eigenvalue weighted by molar-refractivity contribution is -0.112. The minimum Gasteiger partial charge on any atom is -0.322 e. The van der Waals surface area contributed by atoms with Gasteiger partial charge in [-0.15, -0.1) is 0 Å². The van der Waals surface area contributed by atoms with Gasteiger partial charge in [0.15, 0.2) is 0 Å². The van der Waals surface area contributed by atoms with Gasteiger partial charge in [-0.05, 0) is 85.3 Å². The van der Waals surface area contributed by atoms with Crippen molar-refractivity contribution >= 4 is 11.6 Å². The lowest BCUT2D eigenvalue weighted by Gasteiger charge is -2.29. The molecule has 0 aliphatic heterocycles. The first-order chi connectivity index (χ1) is 15.0. The fraction of sp³-hybridized carbons (Fsp3) is 0.483. The average molecular weight is 418 g/mol. The minimum absolute atomic E-state index is 0.126. The number of aryl methyl sites for hydroxylation is 1. The molecule has 1 saturated carbocycles. The molecule has 166 valence electrons. The molecule has 2 nitrogen and oxygen atoms in total. The highest BCUT2D eigenvalue weighted by Gasteiger charge is 2.22. The van der Waals surface area contributed by atoms with Gasteiger partial charge in [-0.3, -0.25) is 4.79 Å². The summed E-state index contributed by atoms with van der Waals surface area (Å²) < 4.78 is 0. The Bertz CT molecular complexity index is 872. The molecule has 0 atom stereocenters. The number of nitrogens with one attached hydrogen (secondary N) is 1. The molecule has 0 spiro atoms. The zero-order chi connectivity index (χ0) is 22.2. The highest BCUT2D eigenvalue weighted by atomic mass is 16.1. The predicted octanol–water partition coefficient (Wildman–Crippen LogP) is 8.28. The molecule has 0 radical (unpaired) electrons. The molecule has 1 fully saturated rings. The number of hydrogen-bond donors (Lipinski definition) is 1.